The largest absolute Gasteiger partial charge is 0.360 e. The topological polar surface area (TPSA) is 92.5 Å². The highest BCUT2D eigenvalue weighted by atomic mass is 79.9. The average Bonchev–Trinajstić information content (AvgIpc) is 2.99. The van der Waals surface area contributed by atoms with E-state index in [0.29, 0.717) is 11.4 Å². The predicted molar refractivity (Wildman–Crippen MR) is 119 cm³/mol. The van der Waals surface area contributed by atoms with Crippen molar-refractivity contribution in [2.24, 2.45) is 0 Å². The molecule has 1 amide bonds. The van der Waals surface area contributed by atoms with Gasteiger partial charge in [0.1, 0.15) is 12.2 Å². The summed E-state index contributed by atoms with van der Waals surface area (Å²) in [4.78, 5) is 12.7. The molecule has 0 aliphatic heterocycles. The van der Waals surface area contributed by atoms with Crippen molar-refractivity contribution >= 4 is 43.2 Å². The average molecular weight is 492 g/mol. The molecule has 0 fully saturated rings. The van der Waals surface area contributed by atoms with Gasteiger partial charge < -0.3 is 9.84 Å². The van der Waals surface area contributed by atoms with Gasteiger partial charge in [-0.15, -0.1) is 0 Å². The van der Waals surface area contributed by atoms with Gasteiger partial charge in [-0.25, -0.2) is 8.42 Å². The predicted octanol–water partition coefficient (Wildman–Crippen LogP) is 4.50. The lowest BCUT2D eigenvalue weighted by molar-refractivity contribution is -0.114. The summed E-state index contributed by atoms with van der Waals surface area (Å²) in [5.74, 6) is -0.290. The van der Waals surface area contributed by atoms with Gasteiger partial charge in [-0.2, -0.15) is 0 Å². The Balaban J connectivity index is 2.01. The second kappa shape index (κ2) is 8.61. The van der Waals surface area contributed by atoms with Crippen molar-refractivity contribution in [3.63, 3.8) is 0 Å². The summed E-state index contributed by atoms with van der Waals surface area (Å²) >= 11 is 3.34. The maximum absolute atomic E-state index is 13.5. The molecular formula is C21H22BrN3O4S. The van der Waals surface area contributed by atoms with Gasteiger partial charge in [0, 0.05) is 10.2 Å². The highest BCUT2D eigenvalue weighted by Crippen LogP contribution is 2.29. The minimum atomic E-state index is -4.09. The van der Waals surface area contributed by atoms with Crippen molar-refractivity contribution < 1.29 is 17.7 Å². The second-order valence-corrected chi connectivity index (χ2v) is 9.78. The van der Waals surface area contributed by atoms with Crippen LogP contribution in [0.3, 0.4) is 0 Å². The molecular weight excluding hydrogens is 470 g/mol. The first-order valence-corrected chi connectivity index (χ1v) is 11.4. The van der Waals surface area contributed by atoms with E-state index in [1.807, 2.05) is 19.9 Å². The molecule has 7 nitrogen and oxygen atoms in total. The van der Waals surface area contributed by atoms with Crippen molar-refractivity contribution in [1.29, 1.82) is 0 Å². The number of carbonyl (C=O) groups is 1. The summed E-state index contributed by atoms with van der Waals surface area (Å²) < 4.78 is 34.1. The molecule has 3 rings (SSSR count). The molecule has 0 atom stereocenters. The van der Waals surface area contributed by atoms with Gasteiger partial charge in [0.05, 0.1) is 5.69 Å². The van der Waals surface area contributed by atoms with Crippen LogP contribution in [0.4, 0.5) is 11.4 Å². The van der Waals surface area contributed by atoms with E-state index in [2.05, 4.69) is 26.4 Å². The maximum Gasteiger partial charge on any atom is 0.270 e. The fourth-order valence-electron chi connectivity index (χ4n) is 3.23. The van der Waals surface area contributed by atoms with Crippen molar-refractivity contribution in [2.75, 3.05) is 16.2 Å². The molecule has 158 valence electrons. The summed E-state index contributed by atoms with van der Waals surface area (Å²) in [6.07, 6.45) is 0. The van der Waals surface area contributed by atoms with E-state index in [0.717, 1.165) is 19.9 Å². The molecule has 0 radical (unpaired) electrons. The number of carbonyl (C=O) groups excluding carboxylic acids is 1. The van der Waals surface area contributed by atoms with E-state index in [4.69, 9.17) is 4.52 Å². The number of halogens is 1. The van der Waals surface area contributed by atoms with Gasteiger partial charge in [-0.05, 0) is 75.2 Å². The van der Waals surface area contributed by atoms with Gasteiger partial charge in [0.2, 0.25) is 5.91 Å². The standard InChI is InChI=1S/C21H22BrN3O4S/c1-13-9-14(2)11-19(10-13)25(30(27,28)21-15(3)24-29-16(21)4)12-20(26)23-18-7-5-17(22)6-8-18/h5-11H,12H2,1-4H3,(H,23,26). The molecule has 1 aromatic heterocycles. The molecule has 30 heavy (non-hydrogen) atoms. The third-order valence-corrected chi connectivity index (χ3v) is 6.97. The van der Waals surface area contributed by atoms with E-state index in [1.54, 1.807) is 43.3 Å². The maximum atomic E-state index is 13.5. The zero-order valence-corrected chi connectivity index (χ0v) is 19.5. The Labute approximate surface area is 184 Å². The molecule has 3 aromatic rings. The van der Waals surface area contributed by atoms with Crippen LogP contribution < -0.4 is 9.62 Å². The normalized spacial score (nSPS) is 11.4. The summed E-state index contributed by atoms with van der Waals surface area (Å²) in [5, 5.41) is 6.50. The minimum Gasteiger partial charge on any atom is -0.360 e. The van der Waals surface area contributed by atoms with Crippen LogP contribution in [-0.4, -0.2) is 26.0 Å². The molecule has 0 unspecified atom stereocenters. The fraction of sp³-hybridized carbons (Fsp3) is 0.238. The lowest BCUT2D eigenvalue weighted by Gasteiger charge is -2.24. The number of sulfonamides is 1. The van der Waals surface area contributed by atoms with E-state index in [-0.39, 0.29) is 16.3 Å². The molecule has 0 saturated heterocycles. The Morgan fingerprint density at radius 1 is 1.07 bits per heavy atom. The number of nitrogens with one attached hydrogen (secondary N) is 1. The number of hydrogen-bond donors (Lipinski definition) is 1. The molecule has 1 N–H and O–H groups in total. The lowest BCUT2D eigenvalue weighted by atomic mass is 10.1. The van der Waals surface area contributed by atoms with Crippen LogP contribution in [0.25, 0.3) is 0 Å². The van der Waals surface area contributed by atoms with Crippen molar-refractivity contribution in [1.82, 2.24) is 5.16 Å². The Bertz CT molecular complexity index is 1150. The van der Waals surface area contributed by atoms with Crippen LogP contribution in [-0.2, 0) is 14.8 Å². The lowest BCUT2D eigenvalue weighted by Crippen LogP contribution is -2.38. The SMILES string of the molecule is Cc1cc(C)cc(N(CC(=O)Nc2ccc(Br)cc2)S(=O)(=O)c2c(C)noc2C)c1. The van der Waals surface area contributed by atoms with Gasteiger partial charge in [0.25, 0.3) is 10.0 Å². The second-order valence-electron chi connectivity index (χ2n) is 7.07. The van der Waals surface area contributed by atoms with E-state index in [9.17, 15) is 13.2 Å². The Morgan fingerprint density at radius 2 is 1.67 bits per heavy atom. The number of amides is 1. The Kier molecular flexibility index (Phi) is 6.33. The third kappa shape index (κ3) is 4.73. The first-order valence-electron chi connectivity index (χ1n) is 9.17. The zero-order valence-electron chi connectivity index (χ0n) is 17.1. The quantitative estimate of drug-likeness (QED) is 0.547. The van der Waals surface area contributed by atoms with Crippen molar-refractivity contribution in [3.05, 3.63) is 69.5 Å². The smallest absolute Gasteiger partial charge is 0.270 e. The molecule has 0 bridgehead atoms. The fourth-order valence-corrected chi connectivity index (χ4v) is 5.19. The molecule has 9 heteroatoms. The highest BCUT2D eigenvalue weighted by Gasteiger charge is 2.33. The highest BCUT2D eigenvalue weighted by molar-refractivity contribution is 9.10. The van der Waals surface area contributed by atoms with Gasteiger partial charge in [-0.3, -0.25) is 9.10 Å². The number of hydrogen-bond acceptors (Lipinski definition) is 5. The number of nitrogens with zero attached hydrogens (tertiary/aromatic N) is 2. The van der Waals surface area contributed by atoms with E-state index >= 15 is 0 Å². The number of anilines is 2. The van der Waals surface area contributed by atoms with Crippen LogP contribution in [0.2, 0.25) is 0 Å². The van der Waals surface area contributed by atoms with Crippen molar-refractivity contribution in [3.8, 4) is 0 Å². The Hall–Kier alpha value is -2.65. The molecule has 1 heterocycles. The molecule has 2 aromatic carbocycles. The Morgan fingerprint density at radius 3 is 2.20 bits per heavy atom. The van der Waals surface area contributed by atoms with Crippen LogP contribution >= 0.6 is 15.9 Å². The summed E-state index contributed by atoms with van der Waals surface area (Å²) in [6, 6.07) is 12.4. The summed E-state index contributed by atoms with van der Waals surface area (Å²) in [6.45, 7) is 6.45. The number of aromatic nitrogens is 1. The van der Waals surface area contributed by atoms with E-state index < -0.39 is 22.5 Å². The molecule has 0 aliphatic carbocycles. The van der Waals surface area contributed by atoms with Gasteiger partial charge in [-0.1, -0.05) is 27.2 Å². The number of benzene rings is 2. The van der Waals surface area contributed by atoms with Crippen LogP contribution in [0.15, 0.2) is 56.4 Å². The minimum absolute atomic E-state index is 0.0295. The number of rotatable bonds is 6. The van der Waals surface area contributed by atoms with Crippen molar-refractivity contribution in [2.45, 2.75) is 32.6 Å². The van der Waals surface area contributed by atoms with Gasteiger partial charge >= 0.3 is 0 Å². The molecule has 0 aliphatic rings. The van der Waals surface area contributed by atoms with E-state index in [1.165, 1.54) is 6.92 Å². The van der Waals surface area contributed by atoms with Crippen LogP contribution in [0, 0.1) is 27.7 Å². The zero-order chi connectivity index (χ0) is 22.1. The first kappa shape index (κ1) is 22.0. The third-order valence-electron chi connectivity index (χ3n) is 4.43. The van der Waals surface area contributed by atoms with Crippen LogP contribution in [0.5, 0.6) is 0 Å². The van der Waals surface area contributed by atoms with Gasteiger partial charge in [0.15, 0.2) is 10.7 Å². The first-order chi connectivity index (χ1) is 14.1. The van der Waals surface area contributed by atoms with Crippen LogP contribution in [0.1, 0.15) is 22.6 Å². The molecule has 0 spiro atoms. The monoisotopic (exact) mass is 491 g/mol. The summed E-state index contributed by atoms with van der Waals surface area (Å²) in [7, 11) is -4.09. The summed E-state index contributed by atoms with van der Waals surface area (Å²) in [5.41, 5.74) is 2.99. The number of aryl methyl sites for hydroxylation is 4. The molecule has 0 saturated carbocycles.